The molecule has 1 aromatic carbocycles. The summed E-state index contributed by atoms with van der Waals surface area (Å²) in [6, 6.07) is 12.7. The van der Waals surface area contributed by atoms with Crippen molar-refractivity contribution < 1.29 is 9.59 Å². The van der Waals surface area contributed by atoms with Gasteiger partial charge in [-0.3, -0.25) is 14.0 Å². The second-order valence-corrected chi connectivity index (χ2v) is 7.04. The van der Waals surface area contributed by atoms with Gasteiger partial charge in [-0.05, 0) is 50.1 Å². The van der Waals surface area contributed by atoms with Crippen molar-refractivity contribution >= 4 is 23.1 Å². The summed E-state index contributed by atoms with van der Waals surface area (Å²) in [5.41, 5.74) is 1.89. The van der Waals surface area contributed by atoms with Gasteiger partial charge in [-0.25, -0.2) is 9.48 Å². The van der Waals surface area contributed by atoms with E-state index < -0.39 is 0 Å². The van der Waals surface area contributed by atoms with Crippen LogP contribution < -0.4 is 11.0 Å². The SMILES string of the molecule is CCN(CC)C(=O)CCCC(=O)Nc1cccc(Cn2nc3ccccn3c2=O)c1. The standard InChI is InChI=1S/C22H27N5O3/c1-3-25(4-2)21(29)13-8-12-20(28)23-18-10-7-9-17(15-18)16-27-22(30)26-14-6-5-11-19(26)24-27/h5-7,9-11,14-15H,3-4,8,12-13,16H2,1-2H3,(H,23,28). The van der Waals surface area contributed by atoms with Crippen molar-refractivity contribution in [2.24, 2.45) is 0 Å². The van der Waals surface area contributed by atoms with Crippen molar-refractivity contribution in [2.45, 2.75) is 39.7 Å². The molecule has 0 aliphatic heterocycles. The molecule has 0 atom stereocenters. The number of hydrogen-bond donors (Lipinski definition) is 1. The monoisotopic (exact) mass is 409 g/mol. The number of amides is 2. The van der Waals surface area contributed by atoms with E-state index in [0.717, 1.165) is 5.56 Å². The van der Waals surface area contributed by atoms with Gasteiger partial charge in [-0.2, -0.15) is 0 Å². The van der Waals surface area contributed by atoms with Crippen LogP contribution in [0.2, 0.25) is 0 Å². The molecule has 8 heteroatoms. The van der Waals surface area contributed by atoms with Crippen LogP contribution in [0.5, 0.6) is 0 Å². The average molecular weight is 409 g/mol. The van der Waals surface area contributed by atoms with Gasteiger partial charge in [0.2, 0.25) is 11.8 Å². The normalized spacial score (nSPS) is 10.9. The van der Waals surface area contributed by atoms with Crippen molar-refractivity contribution in [2.75, 3.05) is 18.4 Å². The highest BCUT2D eigenvalue weighted by Gasteiger charge is 2.11. The number of carbonyl (C=O) groups excluding carboxylic acids is 2. The van der Waals surface area contributed by atoms with Crippen LogP contribution in [0.4, 0.5) is 5.69 Å². The molecule has 1 N–H and O–H groups in total. The van der Waals surface area contributed by atoms with E-state index in [0.29, 0.717) is 43.8 Å². The zero-order chi connectivity index (χ0) is 21.5. The third-order valence-electron chi connectivity index (χ3n) is 4.94. The van der Waals surface area contributed by atoms with E-state index in [-0.39, 0.29) is 23.9 Å². The lowest BCUT2D eigenvalue weighted by Gasteiger charge is -2.18. The van der Waals surface area contributed by atoms with E-state index in [4.69, 9.17) is 0 Å². The molecule has 0 fully saturated rings. The minimum Gasteiger partial charge on any atom is -0.343 e. The molecule has 2 heterocycles. The first-order chi connectivity index (χ1) is 14.5. The molecule has 8 nitrogen and oxygen atoms in total. The van der Waals surface area contributed by atoms with E-state index in [1.54, 1.807) is 29.3 Å². The Balaban J connectivity index is 1.57. The van der Waals surface area contributed by atoms with Gasteiger partial charge in [0.25, 0.3) is 0 Å². The summed E-state index contributed by atoms with van der Waals surface area (Å²) >= 11 is 0. The Bertz CT molecular complexity index is 1080. The Labute approximate surface area is 175 Å². The smallest absolute Gasteiger partial charge is 0.343 e. The molecule has 0 unspecified atom stereocenters. The van der Waals surface area contributed by atoms with E-state index in [1.807, 2.05) is 38.1 Å². The number of nitrogens with zero attached hydrogens (tertiary/aromatic N) is 4. The lowest BCUT2D eigenvalue weighted by atomic mass is 10.1. The number of nitrogens with one attached hydrogen (secondary N) is 1. The van der Waals surface area contributed by atoms with Gasteiger partial charge in [-0.1, -0.05) is 18.2 Å². The zero-order valence-electron chi connectivity index (χ0n) is 17.4. The summed E-state index contributed by atoms with van der Waals surface area (Å²) in [5, 5.41) is 7.19. The highest BCUT2D eigenvalue weighted by Crippen LogP contribution is 2.13. The number of anilines is 1. The molecule has 0 aliphatic rings. The number of hydrogen-bond acceptors (Lipinski definition) is 4. The highest BCUT2D eigenvalue weighted by molar-refractivity contribution is 5.91. The summed E-state index contributed by atoms with van der Waals surface area (Å²) in [7, 11) is 0. The molecule has 0 saturated carbocycles. The maximum atomic E-state index is 12.4. The highest BCUT2D eigenvalue weighted by atomic mass is 16.2. The first-order valence-electron chi connectivity index (χ1n) is 10.2. The minimum atomic E-state index is -0.210. The van der Waals surface area contributed by atoms with Crippen LogP contribution in [0.25, 0.3) is 5.65 Å². The largest absolute Gasteiger partial charge is 0.350 e. The summed E-state index contributed by atoms with van der Waals surface area (Å²) in [6.45, 7) is 5.57. The van der Waals surface area contributed by atoms with Gasteiger partial charge in [0.15, 0.2) is 5.65 Å². The van der Waals surface area contributed by atoms with E-state index in [9.17, 15) is 14.4 Å². The van der Waals surface area contributed by atoms with E-state index in [2.05, 4.69) is 10.4 Å². The Morgan fingerprint density at radius 3 is 2.60 bits per heavy atom. The maximum absolute atomic E-state index is 12.4. The van der Waals surface area contributed by atoms with E-state index >= 15 is 0 Å². The lowest BCUT2D eigenvalue weighted by Crippen LogP contribution is -2.30. The molecular weight excluding hydrogens is 382 g/mol. The van der Waals surface area contributed by atoms with Gasteiger partial charge in [0.05, 0.1) is 6.54 Å². The van der Waals surface area contributed by atoms with Crippen LogP contribution in [-0.4, -0.2) is 44.0 Å². The van der Waals surface area contributed by atoms with Crippen LogP contribution in [0.1, 0.15) is 38.7 Å². The van der Waals surface area contributed by atoms with Crippen LogP contribution >= 0.6 is 0 Å². The topological polar surface area (TPSA) is 88.7 Å². The van der Waals surface area contributed by atoms with Crippen molar-refractivity contribution in [1.29, 1.82) is 0 Å². The van der Waals surface area contributed by atoms with Crippen LogP contribution in [0, 0.1) is 0 Å². The third-order valence-corrected chi connectivity index (χ3v) is 4.94. The Morgan fingerprint density at radius 1 is 1.07 bits per heavy atom. The summed E-state index contributed by atoms with van der Waals surface area (Å²) in [6.07, 6.45) is 2.84. The van der Waals surface area contributed by atoms with Crippen molar-refractivity contribution in [3.63, 3.8) is 0 Å². The maximum Gasteiger partial charge on any atom is 0.350 e. The number of benzene rings is 1. The number of pyridine rings is 1. The second kappa shape index (κ2) is 9.87. The van der Waals surface area contributed by atoms with Crippen molar-refractivity contribution in [3.8, 4) is 0 Å². The lowest BCUT2D eigenvalue weighted by molar-refractivity contribution is -0.130. The van der Waals surface area contributed by atoms with Crippen LogP contribution in [0.15, 0.2) is 53.5 Å². The molecule has 2 amide bonds. The second-order valence-electron chi connectivity index (χ2n) is 7.04. The Kier molecular flexibility index (Phi) is 7.00. The molecule has 3 aromatic rings. The number of rotatable bonds is 9. The van der Waals surface area contributed by atoms with Gasteiger partial charge in [-0.15, -0.1) is 5.10 Å². The first-order valence-corrected chi connectivity index (χ1v) is 10.2. The van der Waals surface area contributed by atoms with Gasteiger partial charge in [0, 0.05) is 37.8 Å². The first kappa shape index (κ1) is 21.3. The number of carbonyl (C=O) groups is 2. The van der Waals surface area contributed by atoms with Gasteiger partial charge < -0.3 is 10.2 Å². The number of fused-ring (bicyclic) bond motifs is 1. The molecular formula is C22H27N5O3. The molecule has 2 aromatic heterocycles. The summed E-state index contributed by atoms with van der Waals surface area (Å²) < 4.78 is 2.89. The molecule has 158 valence electrons. The summed E-state index contributed by atoms with van der Waals surface area (Å²) in [4.78, 5) is 38.4. The molecule has 0 radical (unpaired) electrons. The molecule has 30 heavy (non-hydrogen) atoms. The fraction of sp³-hybridized carbons (Fsp3) is 0.364. The van der Waals surface area contributed by atoms with Gasteiger partial charge in [0.1, 0.15) is 0 Å². The fourth-order valence-electron chi connectivity index (χ4n) is 3.35. The predicted octanol–water partition coefficient (Wildman–Crippen LogP) is 2.52. The quantitative estimate of drug-likeness (QED) is 0.588. The fourth-order valence-corrected chi connectivity index (χ4v) is 3.35. The van der Waals surface area contributed by atoms with E-state index in [1.165, 1.54) is 9.08 Å². The zero-order valence-corrected chi connectivity index (χ0v) is 17.4. The molecule has 0 bridgehead atoms. The van der Waals surface area contributed by atoms with Crippen LogP contribution in [0.3, 0.4) is 0 Å². The average Bonchev–Trinajstić information content (AvgIpc) is 3.05. The molecule has 0 spiro atoms. The van der Waals surface area contributed by atoms with Crippen molar-refractivity contribution in [3.05, 3.63) is 64.7 Å². The minimum absolute atomic E-state index is 0.0766. The van der Waals surface area contributed by atoms with Crippen LogP contribution in [-0.2, 0) is 16.1 Å². The Hall–Kier alpha value is -3.42. The predicted molar refractivity (Wildman–Crippen MR) is 115 cm³/mol. The molecule has 3 rings (SSSR count). The van der Waals surface area contributed by atoms with Gasteiger partial charge >= 0.3 is 5.69 Å². The molecule has 0 aliphatic carbocycles. The Morgan fingerprint density at radius 2 is 1.87 bits per heavy atom. The molecule has 0 saturated heterocycles. The number of aromatic nitrogens is 3. The third kappa shape index (κ3) is 5.14. The summed E-state index contributed by atoms with van der Waals surface area (Å²) in [5.74, 6) is -0.0583. The van der Waals surface area contributed by atoms with Crippen molar-refractivity contribution in [1.82, 2.24) is 19.1 Å².